The summed E-state index contributed by atoms with van der Waals surface area (Å²) < 4.78 is 38.4. The number of aromatic nitrogens is 3. The third-order valence-electron chi connectivity index (χ3n) is 3.25. The summed E-state index contributed by atoms with van der Waals surface area (Å²) in [5, 5.41) is 10.4. The van der Waals surface area contributed by atoms with Gasteiger partial charge in [-0.25, -0.2) is 0 Å². The van der Waals surface area contributed by atoms with Gasteiger partial charge in [-0.1, -0.05) is 23.4 Å². The first-order valence-electron chi connectivity index (χ1n) is 7.41. The van der Waals surface area contributed by atoms with Crippen molar-refractivity contribution < 1.29 is 18.0 Å². The van der Waals surface area contributed by atoms with Crippen molar-refractivity contribution in [3.63, 3.8) is 0 Å². The van der Waals surface area contributed by atoms with Crippen molar-refractivity contribution in [1.82, 2.24) is 20.1 Å². The fourth-order valence-electron chi connectivity index (χ4n) is 2.02. The molecule has 1 atom stereocenters. The predicted octanol–water partition coefficient (Wildman–Crippen LogP) is 3.78. The zero-order valence-corrected chi connectivity index (χ0v) is 15.0. The van der Waals surface area contributed by atoms with Gasteiger partial charge in [-0.15, -0.1) is 10.2 Å². The van der Waals surface area contributed by atoms with Gasteiger partial charge in [0.05, 0.1) is 5.25 Å². The first kappa shape index (κ1) is 19.6. The molecular weight excluding hydrogens is 377 g/mol. The zero-order chi connectivity index (χ0) is 18.6. The van der Waals surface area contributed by atoms with E-state index in [-0.39, 0.29) is 0 Å². The van der Waals surface area contributed by atoms with Crippen molar-refractivity contribution in [2.45, 2.75) is 37.0 Å². The lowest BCUT2D eigenvalue weighted by molar-refractivity contribution is -0.137. The van der Waals surface area contributed by atoms with Crippen LogP contribution in [0.4, 0.5) is 13.2 Å². The average molecular weight is 393 g/mol. The minimum absolute atomic E-state index is 0.460. The number of benzene rings is 1. The molecule has 1 heterocycles. The van der Waals surface area contributed by atoms with E-state index in [1.807, 2.05) is 12.2 Å². The molecule has 0 aliphatic heterocycles. The van der Waals surface area contributed by atoms with Crippen LogP contribution in [0.1, 0.15) is 13.8 Å². The summed E-state index contributed by atoms with van der Waals surface area (Å²) >= 11 is 6.93. The molecule has 0 fully saturated rings. The van der Waals surface area contributed by atoms with Crippen molar-refractivity contribution in [3.05, 3.63) is 29.3 Å². The number of nitrogens with zero attached hydrogens (tertiary/aromatic N) is 3. The monoisotopic (exact) mass is 392 g/mol. The highest BCUT2D eigenvalue weighted by atomic mass is 35.5. The van der Waals surface area contributed by atoms with Crippen LogP contribution in [0, 0.1) is 0 Å². The van der Waals surface area contributed by atoms with Crippen LogP contribution in [-0.4, -0.2) is 38.6 Å². The van der Waals surface area contributed by atoms with Crippen molar-refractivity contribution in [1.29, 1.82) is 0 Å². The summed E-state index contributed by atoms with van der Waals surface area (Å²) in [7, 11) is 0. The molecule has 1 aromatic heterocycles. The zero-order valence-electron chi connectivity index (χ0n) is 13.5. The number of halogens is 4. The Morgan fingerprint density at radius 1 is 1.32 bits per heavy atom. The highest BCUT2D eigenvalue weighted by Crippen LogP contribution is 2.27. The Bertz CT molecular complexity index is 733. The summed E-state index contributed by atoms with van der Waals surface area (Å²) in [5.41, 5.74) is 0.805. The Kier molecular flexibility index (Phi) is 6.34. The van der Waals surface area contributed by atoms with E-state index in [9.17, 15) is 18.0 Å². The maximum Gasteiger partial charge on any atom is 0.405 e. The summed E-state index contributed by atoms with van der Waals surface area (Å²) in [6.45, 7) is 2.60. The normalized spacial score (nSPS) is 12.9. The average Bonchev–Trinajstić information content (AvgIpc) is 2.95. The maximum atomic E-state index is 12.2. The fraction of sp³-hybridized carbons (Fsp3) is 0.400. The number of amides is 1. The molecular formula is C15H16ClF3N4OS. The van der Waals surface area contributed by atoms with Crippen LogP contribution in [-0.2, 0) is 11.3 Å². The molecule has 5 nitrogen and oxygen atoms in total. The second-order valence-corrected chi connectivity index (χ2v) is 6.89. The molecule has 10 heteroatoms. The topological polar surface area (TPSA) is 59.8 Å². The molecule has 0 bridgehead atoms. The quantitative estimate of drug-likeness (QED) is 0.760. The Balaban J connectivity index is 2.12. The second kappa shape index (κ2) is 8.09. The highest BCUT2D eigenvalue weighted by molar-refractivity contribution is 8.00. The van der Waals surface area contributed by atoms with Crippen LogP contribution in [0.5, 0.6) is 0 Å². The van der Waals surface area contributed by atoms with E-state index in [0.717, 1.165) is 17.3 Å². The molecule has 136 valence electrons. The molecule has 2 aromatic rings. The van der Waals surface area contributed by atoms with Gasteiger partial charge in [0.2, 0.25) is 5.91 Å². The molecule has 0 saturated carbocycles. The minimum Gasteiger partial charge on any atom is -0.346 e. The molecule has 2 rings (SSSR count). The smallest absolute Gasteiger partial charge is 0.346 e. The van der Waals surface area contributed by atoms with Gasteiger partial charge in [0, 0.05) is 17.1 Å². The van der Waals surface area contributed by atoms with Gasteiger partial charge in [-0.3, -0.25) is 4.79 Å². The summed E-state index contributed by atoms with van der Waals surface area (Å²) in [6, 6.07) is 7.05. The molecule has 1 unspecified atom stereocenters. The second-order valence-electron chi connectivity index (χ2n) is 5.15. The number of nitrogens with one attached hydrogen (secondary N) is 1. The first-order valence-corrected chi connectivity index (χ1v) is 8.67. The van der Waals surface area contributed by atoms with Crippen LogP contribution in [0.25, 0.3) is 11.4 Å². The van der Waals surface area contributed by atoms with Crippen molar-refractivity contribution in [3.8, 4) is 11.4 Å². The van der Waals surface area contributed by atoms with Gasteiger partial charge >= 0.3 is 6.18 Å². The largest absolute Gasteiger partial charge is 0.405 e. The number of carbonyl (C=O) groups is 1. The highest BCUT2D eigenvalue weighted by Gasteiger charge is 2.29. The summed E-state index contributed by atoms with van der Waals surface area (Å²) in [6.07, 6.45) is -4.44. The number of thioether (sulfide) groups is 1. The van der Waals surface area contributed by atoms with Crippen LogP contribution >= 0.6 is 23.4 Å². The SMILES string of the molecule is CCn1c(SC(C)C(=O)NCC(F)(F)F)nnc1-c1ccc(Cl)cc1. The predicted molar refractivity (Wildman–Crippen MR) is 90.5 cm³/mol. The molecule has 0 saturated heterocycles. The molecule has 0 spiro atoms. The van der Waals surface area contributed by atoms with Gasteiger partial charge < -0.3 is 9.88 Å². The standard InChI is InChI=1S/C15H16ClF3N4OS/c1-3-23-12(10-4-6-11(16)7-5-10)21-22-14(23)25-9(2)13(24)20-8-15(17,18)19/h4-7,9H,3,8H2,1-2H3,(H,20,24). The Morgan fingerprint density at radius 3 is 2.52 bits per heavy atom. The number of hydrogen-bond donors (Lipinski definition) is 1. The molecule has 1 amide bonds. The van der Waals surface area contributed by atoms with E-state index in [4.69, 9.17) is 11.6 Å². The molecule has 25 heavy (non-hydrogen) atoms. The van der Waals surface area contributed by atoms with Crippen LogP contribution in [0.3, 0.4) is 0 Å². The van der Waals surface area contributed by atoms with Gasteiger partial charge in [-0.05, 0) is 38.1 Å². The number of carbonyl (C=O) groups excluding carboxylic acids is 1. The van der Waals surface area contributed by atoms with E-state index in [2.05, 4.69) is 10.2 Å². The number of alkyl halides is 3. The van der Waals surface area contributed by atoms with Crippen LogP contribution in [0.2, 0.25) is 5.02 Å². The van der Waals surface area contributed by atoms with Crippen molar-refractivity contribution in [2.24, 2.45) is 0 Å². The van der Waals surface area contributed by atoms with Crippen molar-refractivity contribution in [2.75, 3.05) is 6.54 Å². The molecule has 1 aromatic carbocycles. The van der Waals surface area contributed by atoms with Gasteiger partial charge in [-0.2, -0.15) is 13.2 Å². The maximum absolute atomic E-state index is 12.2. The van der Waals surface area contributed by atoms with Gasteiger partial charge in [0.15, 0.2) is 11.0 Å². The lowest BCUT2D eigenvalue weighted by atomic mass is 10.2. The van der Waals surface area contributed by atoms with E-state index in [0.29, 0.717) is 22.5 Å². The Hall–Kier alpha value is -1.74. The van der Waals surface area contributed by atoms with Crippen LogP contribution in [0.15, 0.2) is 29.4 Å². The number of hydrogen-bond acceptors (Lipinski definition) is 4. The van der Waals surface area contributed by atoms with Gasteiger partial charge in [0.25, 0.3) is 0 Å². The van der Waals surface area contributed by atoms with Crippen LogP contribution < -0.4 is 5.32 Å². The van der Waals surface area contributed by atoms with Gasteiger partial charge in [0.1, 0.15) is 6.54 Å². The van der Waals surface area contributed by atoms with Crippen molar-refractivity contribution >= 4 is 29.3 Å². The summed E-state index contributed by atoms with van der Waals surface area (Å²) in [4.78, 5) is 11.8. The summed E-state index contributed by atoms with van der Waals surface area (Å²) in [5.74, 6) is -0.106. The van der Waals surface area contributed by atoms with E-state index >= 15 is 0 Å². The first-order chi connectivity index (χ1) is 11.7. The van der Waals surface area contributed by atoms with E-state index < -0.39 is 23.9 Å². The Labute approximate surface area is 152 Å². The molecule has 0 radical (unpaired) electrons. The molecule has 0 aliphatic carbocycles. The third-order valence-corrected chi connectivity index (χ3v) is 4.58. The van der Waals surface area contributed by atoms with E-state index in [1.165, 1.54) is 6.92 Å². The lowest BCUT2D eigenvalue weighted by Crippen LogP contribution is -2.38. The van der Waals surface area contributed by atoms with E-state index in [1.54, 1.807) is 28.8 Å². The lowest BCUT2D eigenvalue weighted by Gasteiger charge is -2.13. The Morgan fingerprint density at radius 2 is 1.96 bits per heavy atom. The third kappa shape index (κ3) is 5.37. The fourth-order valence-corrected chi connectivity index (χ4v) is 3.08. The minimum atomic E-state index is -4.44. The number of rotatable bonds is 6. The molecule has 1 N–H and O–H groups in total. The molecule has 0 aliphatic rings.